The number of nitrogens with one attached hydrogen (secondary N) is 3. The van der Waals surface area contributed by atoms with Crippen LogP contribution < -0.4 is 20.9 Å². The number of anilines is 1. The fourth-order valence-corrected chi connectivity index (χ4v) is 2.92. The molecule has 0 radical (unpaired) electrons. The van der Waals surface area contributed by atoms with Gasteiger partial charge in [-0.1, -0.05) is 29.8 Å². The van der Waals surface area contributed by atoms with Crippen molar-refractivity contribution in [1.82, 2.24) is 10.9 Å². The lowest BCUT2D eigenvalue weighted by molar-refractivity contribution is -0.117. The molecule has 1 amide bonds. The summed E-state index contributed by atoms with van der Waals surface area (Å²) in [7, 11) is 1.64. The van der Waals surface area contributed by atoms with E-state index in [1.54, 1.807) is 7.11 Å². The standard InChI is InChI=1S/C18H20ClN3O2/c1-11-14(19)4-3-5-15(11)20-18(23)17-10-16(21-22-17)12-6-8-13(24-2)9-7-12/h3-9,16-17,21-22H,10H2,1-2H3,(H,20,23). The normalized spacial score (nSPS) is 20.0. The summed E-state index contributed by atoms with van der Waals surface area (Å²) in [5.41, 5.74) is 8.95. The number of halogens is 1. The molecule has 1 fully saturated rings. The highest BCUT2D eigenvalue weighted by Gasteiger charge is 2.30. The van der Waals surface area contributed by atoms with E-state index >= 15 is 0 Å². The summed E-state index contributed by atoms with van der Waals surface area (Å²) < 4.78 is 5.17. The summed E-state index contributed by atoms with van der Waals surface area (Å²) in [4.78, 5) is 12.5. The van der Waals surface area contributed by atoms with E-state index in [2.05, 4.69) is 16.2 Å². The van der Waals surface area contributed by atoms with Crippen LogP contribution >= 0.6 is 11.6 Å². The predicted molar refractivity (Wildman–Crippen MR) is 95.2 cm³/mol. The Labute approximate surface area is 146 Å². The summed E-state index contributed by atoms with van der Waals surface area (Å²) >= 11 is 6.10. The van der Waals surface area contributed by atoms with E-state index in [1.807, 2.05) is 49.4 Å². The number of rotatable bonds is 4. The Hall–Kier alpha value is -2.08. The number of methoxy groups -OCH3 is 1. The number of amides is 1. The van der Waals surface area contributed by atoms with Gasteiger partial charge in [0.25, 0.3) is 0 Å². The van der Waals surface area contributed by atoms with E-state index in [4.69, 9.17) is 16.3 Å². The second-order valence-corrected chi connectivity index (χ2v) is 6.21. The molecule has 2 atom stereocenters. The van der Waals surface area contributed by atoms with Gasteiger partial charge < -0.3 is 10.1 Å². The molecular formula is C18H20ClN3O2. The Balaban J connectivity index is 1.64. The summed E-state index contributed by atoms with van der Waals surface area (Å²) in [6.45, 7) is 1.89. The molecule has 5 nitrogen and oxygen atoms in total. The molecular weight excluding hydrogens is 326 g/mol. The third kappa shape index (κ3) is 3.53. The molecule has 2 aromatic carbocycles. The van der Waals surface area contributed by atoms with Crippen LogP contribution in [-0.2, 0) is 4.79 Å². The first-order valence-corrected chi connectivity index (χ1v) is 8.17. The molecule has 2 aromatic rings. The summed E-state index contributed by atoms with van der Waals surface area (Å²) in [5, 5.41) is 3.58. The second kappa shape index (κ2) is 7.21. The molecule has 1 saturated heterocycles. The minimum Gasteiger partial charge on any atom is -0.497 e. The maximum absolute atomic E-state index is 12.5. The molecule has 0 aliphatic carbocycles. The van der Waals surface area contributed by atoms with Crippen LogP contribution in [-0.4, -0.2) is 19.1 Å². The van der Waals surface area contributed by atoms with Gasteiger partial charge >= 0.3 is 0 Å². The largest absolute Gasteiger partial charge is 0.497 e. The van der Waals surface area contributed by atoms with Crippen molar-refractivity contribution in [3.05, 3.63) is 58.6 Å². The van der Waals surface area contributed by atoms with Gasteiger partial charge in [-0.05, 0) is 48.7 Å². The molecule has 0 saturated carbocycles. The van der Waals surface area contributed by atoms with Gasteiger partial charge in [-0.3, -0.25) is 4.79 Å². The number of benzene rings is 2. The topological polar surface area (TPSA) is 62.4 Å². The Bertz CT molecular complexity index is 734. The molecule has 1 aliphatic heterocycles. The van der Waals surface area contributed by atoms with Crippen LogP contribution in [0.5, 0.6) is 5.75 Å². The van der Waals surface area contributed by atoms with Crippen LogP contribution in [0.2, 0.25) is 5.02 Å². The summed E-state index contributed by atoms with van der Waals surface area (Å²) in [6, 6.07) is 13.1. The van der Waals surface area contributed by atoms with Gasteiger partial charge in [0.15, 0.2) is 0 Å². The second-order valence-electron chi connectivity index (χ2n) is 5.80. The van der Waals surface area contributed by atoms with E-state index < -0.39 is 0 Å². The van der Waals surface area contributed by atoms with Crippen molar-refractivity contribution in [2.45, 2.75) is 25.4 Å². The zero-order chi connectivity index (χ0) is 17.1. The number of carbonyl (C=O) groups is 1. The molecule has 0 aromatic heterocycles. The van der Waals surface area contributed by atoms with E-state index in [0.717, 1.165) is 22.6 Å². The third-order valence-corrected chi connectivity index (χ3v) is 4.67. The fourth-order valence-electron chi connectivity index (χ4n) is 2.75. The minimum absolute atomic E-state index is 0.0760. The van der Waals surface area contributed by atoms with Gasteiger partial charge in [-0.2, -0.15) is 0 Å². The van der Waals surface area contributed by atoms with E-state index in [9.17, 15) is 4.79 Å². The van der Waals surface area contributed by atoms with Gasteiger partial charge in [0.1, 0.15) is 11.8 Å². The maximum Gasteiger partial charge on any atom is 0.242 e. The Morgan fingerprint density at radius 3 is 2.67 bits per heavy atom. The molecule has 2 unspecified atom stereocenters. The molecule has 1 heterocycles. The number of hydrazine groups is 1. The average Bonchev–Trinajstić information content (AvgIpc) is 3.09. The highest BCUT2D eigenvalue weighted by Crippen LogP contribution is 2.26. The summed E-state index contributed by atoms with van der Waals surface area (Å²) in [6.07, 6.45) is 0.664. The lowest BCUT2D eigenvalue weighted by atomic mass is 10.0. The van der Waals surface area contributed by atoms with Gasteiger partial charge in [-0.25, -0.2) is 10.9 Å². The van der Waals surface area contributed by atoms with Gasteiger partial charge in [0.05, 0.1) is 7.11 Å². The van der Waals surface area contributed by atoms with Gasteiger partial charge in [-0.15, -0.1) is 0 Å². The Kier molecular flexibility index (Phi) is 5.04. The van der Waals surface area contributed by atoms with Crippen LogP contribution in [0, 0.1) is 6.92 Å². The molecule has 6 heteroatoms. The Morgan fingerprint density at radius 1 is 1.21 bits per heavy atom. The maximum atomic E-state index is 12.5. The van der Waals surface area contributed by atoms with Crippen LogP contribution in [0.15, 0.2) is 42.5 Å². The van der Waals surface area contributed by atoms with Crippen molar-refractivity contribution in [1.29, 1.82) is 0 Å². The van der Waals surface area contributed by atoms with Gasteiger partial charge in [0.2, 0.25) is 5.91 Å². The molecule has 0 spiro atoms. The van der Waals surface area contributed by atoms with Crippen molar-refractivity contribution in [3.63, 3.8) is 0 Å². The van der Waals surface area contributed by atoms with E-state index in [0.29, 0.717) is 11.4 Å². The van der Waals surface area contributed by atoms with E-state index in [-0.39, 0.29) is 18.0 Å². The van der Waals surface area contributed by atoms with Crippen molar-refractivity contribution in [2.24, 2.45) is 0 Å². The lowest BCUT2D eigenvalue weighted by Gasteiger charge is -2.13. The molecule has 3 rings (SSSR count). The monoisotopic (exact) mass is 345 g/mol. The molecule has 24 heavy (non-hydrogen) atoms. The minimum atomic E-state index is -0.310. The van der Waals surface area contributed by atoms with Crippen molar-refractivity contribution in [2.75, 3.05) is 12.4 Å². The zero-order valence-corrected chi connectivity index (χ0v) is 14.4. The highest BCUT2D eigenvalue weighted by atomic mass is 35.5. The quantitative estimate of drug-likeness (QED) is 0.796. The number of ether oxygens (including phenoxy) is 1. The molecule has 3 N–H and O–H groups in total. The zero-order valence-electron chi connectivity index (χ0n) is 13.6. The summed E-state index contributed by atoms with van der Waals surface area (Å²) in [5.74, 6) is 0.735. The Morgan fingerprint density at radius 2 is 1.96 bits per heavy atom. The van der Waals surface area contributed by atoms with Crippen molar-refractivity contribution in [3.8, 4) is 5.75 Å². The lowest BCUT2D eigenvalue weighted by Crippen LogP contribution is -2.39. The van der Waals surface area contributed by atoms with Crippen molar-refractivity contribution >= 4 is 23.2 Å². The van der Waals surface area contributed by atoms with Crippen LogP contribution in [0.1, 0.15) is 23.6 Å². The highest BCUT2D eigenvalue weighted by molar-refractivity contribution is 6.31. The number of carbonyl (C=O) groups excluding carboxylic acids is 1. The van der Waals surface area contributed by atoms with Gasteiger partial charge in [0, 0.05) is 16.8 Å². The predicted octanol–water partition coefficient (Wildman–Crippen LogP) is 3.20. The van der Waals surface area contributed by atoms with Crippen LogP contribution in [0.4, 0.5) is 5.69 Å². The van der Waals surface area contributed by atoms with E-state index in [1.165, 1.54) is 0 Å². The molecule has 1 aliphatic rings. The average molecular weight is 346 g/mol. The first-order chi connectivity index (χ1) is 11.6. The number of hydrogen-bond acceptors (Lipinski definition) is 4. The first kappa shape index (κ1) is 16.8. The smallest absolute Gasteiger partial charge is 0.242 e. The number of hydrogen-bond donors (Lipinski definition) is 3. The molecule has 126 valence electrons. The molecule has 0 bridgehead atoms. The van der Waals surface area contributed by atoms with Crippen LogP contribution in [0.25, 0.3) is 0 Å². The van der Waals surface area contributed by atoms with Crippen LogP contribution in [0.3, 0.4) is 0 Å². The SMILES string of the molecule is COc1ccc(C2CC(C(=O)Nc3cccc(Cl)c3C)NN2)cc1. The van der Waals surface area contributed by atoms with Crippen molar-refractivity contribution < 1.29 is 9.53 Å². The third-order valence-electron chi connectivity index (χ3n) is 4.26. The fraction of sp³-hybridized carbons (Fsp3) is 0.278. The first-order valence-electron chi connectivity index (χ1n) is 7.79.